The van der Waals surface area contributed by atoms with Gasteiger partial charge in [-0.15, -0.1) is 0 Å². The molecule has 7 nitrogen and oxygen atoms in total. The van der Waals surface area contributed by atoms with E-state index in [0.717, 1.165) is 6.20 Å². The van der Waals surface area contributed by atoms with Crippen LogP contribution in [-0.4, -0.2) is 39.0 Å². The molecule has 0 unspecified atom stereocenters. The Kier molecular flexibility index (Phi) is 3.30. The molecular weight excluding hydrogens is 301 g/mol. The summed E-state index contributed by atoms with van der Waals surface area (Å²) in [5.41, 5.74) is 0.526. The van der Waals surface area contributed by atoms with Gasteiger partial charge in [0.25, 0.3) is 0 Å². The van der Waals surface area contributed by atoms with E-state index in [9.17, 15) is 4.39 Å². The summed E-state index contributed by atoms with van der Waals surface area (Å²) < 4.78 is 25.2. The predicted molar refractivity (Wildman–Crippen MR) is 72.5 cm³/mol. The second kappa shape index (κ2) is 5.13. The Morgan fingerprint density at radius 2 is 2.00 bits per heavy atom. The molecular formula is C12H9ClFN5O2. The van der Waals surface area contributed by atoms with Gasteiger partial charge < -0.3 is 9.47 Å². The first-order valence-electron chi connectivity index (χ1n) is 5.78. The van der Waals surface area contributed by atoms with Crippen LogP contribution in [0.3, 0.4) is 0 Å². The molecule has 3 heterocycles. The molecule has 0 radical (unpaired) electrons. The first-order valence-corrected chi connectivity index (χ1v) is 6.16. The van der Waals surface area contributed by atoms with Crippen molar-refractivity contribution < 1.29 is 13.9 Å². The van der Waals surface area contributed by atoms with Gasteiger partial charge in [0.05, 0.1) is 32.0 Å². The Hall–Kier alpha value is -2.48. The highest BCUT2D eigenvalue weighted by Gasteiger charge is 2.16. The summed E-state index contributed by atoms with van der Waals surface area (Å²) in [5, 5.41) is 4.67. The van der Waals surface area contributed by atoms with Crippen molar-refractivity contribution in [3.63, 3.8) is 0 Å². The van der Waals surface area contributed by atoms with E-state index in [-0.39, 0.29) is 22.6 Å². The second-order valence-corrected chi connectivity index (χ2v) is 4.34. The Balaban J connectivity index is 2.21. The van der Waals surface area contributed by atoms with E-state index in [4.69, 9.17) is 21.1 Å². The van der Waals surface area contributed by atoms with Gasteiger partial charge in [-0.05, 0) is 0 Å². The number of hydrogen-bond acceptors (Lipinski definition) is 6. The average Bonchev–Trinajstić information content (AvgIpc) is 2.96. The van der Waals surface area contributed by atoms with E-state index in [1.165, 1.54) is 31.3 Å². The molecule has 0 N–H and O–H groups in total. The lowest BCUT2D eigenvalue weighted by atomic mass is 10.3. The van der Waals surface area contributed by atoms with E-state index in [1.807, 2.05) is 0 Å². The maximum Gasteiger partial charge on any atom is 0.319 e. The summed E-state index contributed by atoms with van der Waals surface area (Å²) in [6.07, 6.45) is 4.00. The molecule has 0 saturated heterocycles. The topological polar surface area (TPSA) is 75.0 Å². The van der Waals surface area contributed by atoms with Crippen molar-refractivity contribution in [1.82, 2.24) is 24.7 Å². The highest BCUT2D eigenvalue weighted by molar-refractivity contribution is 6.34. The molecule has 3 rings (SSSR count). The number of methoxy groups -OCH3 is 2. The smallest absolute Gasteiger partial charge is 0.319 e. The molecule has 9 heteroatoms. The van der Waals surface area contributed by atoms with Crippen LogP contribution in [0, 0.1) is 5.82 Å². The standard InChI is InChI=1S/C12H9ClFN5O2/c1-20-11-8(4-16-12(17-11)21-2)19-5-6-9(18-19)7(14)3-15-10(6)13/h3-5H,1-2H3. The summed E-state index contributed by atoms with van der Waals surface area (Å²) in [4.78, 5) is 11.8. The monoisotopic (exact) mass is 309 g/mol. The largest absolute Gasteiger partial charge is 0.479 e. The maximum atomic E-state index is 13.7. The highest BCUT2D eigenvalue weighted by Crippen LogP contribution is 2.27. The summed E-state index contributed by atoms with van der Waals surface area (Å²) in [6.45, 7) is 0. The minimum atomic E-state index is -0.568. The van der Waals surface area contributed by atoms with E-state index < -0.39 is 5.82 Å². The molecule has 0 saturated carbocycles. The van der Waals surface area contributed by atoms with Gasteiger partial charge in [-0.3, -0.25) is 0 Å². The molecule has 0 spiro atoms. The van der Waals surface area contributed by atoms with Gasteiger partial charge >= 0.3 is 6.01 Å². The molecule has 0 aromatic carbocycles. The second-order valence-electron chi connectivity index (χ2n) is 3.98. The quantitative estimate of drug-likeness (QED) is 0.689. The van der Waals surface area contributed by atoms with Crippen molar-refractivity contribution in [2.75, 3.05) is 14.2 Å². The predicted octanol–water partition coefficient (Wildman–Crippen LogP) is 2.02. The molecule has 3 aromatic heterocycles. The lowest BCUT2D eigenvalue weighted by Gasteiger charge is -2.07. The highest BCUT2D eigenvalue weighted by atomic mass is 35.5. The number of aromatic nitrogens is 5. The third kappa shape index (κ3) is 2.23. The lowest BCUT2D eigenvalue weighted by molar-refractivity contribution is 0.350. The van der Waals surface area contributed by atoms with Crippen LogP contribution in [0.4, 0.5) is 4.39 Å². The molecule has 0 atom stereocenters. The summed E-state index contributed by atoms with van der Waals surface area (Å²) in [6, 6.07) is 0.151. The van der Waals surface area contributed by atoms with Gasteiger partial charge in [0.15, 0.2) is 5.82 Å². The number of pyridine rings is 1. The summed E-state index contributed by atoms with van der Waals surface area (Å²) in [5.74, 6) is -0.333. The molecule has 0 bridgehead atoms. The van der Waals surface area contributed by atoms with Crippen molar-refractivity contribution >= 4 is 22.5 Å². The van der Waals surface area contributed by atoms with Crippen LogP contribution in [-0.2, 0) is 0 Å². The third-order valence-electron chi connectivity index (χ3n) is 2.79. The summed E-state index contributed by atoms with van der Waals surface area (Å²) >= 11 is 5.94. The zero-order valence-electron chi connectivity index (χ0n) is 11.0. The Morgan fingerprint density at radius 3 is 2.67 bits per heavy atom. The van der Waals surface area contributed by atoms with Crippen LogP contribution in [0.1, 0.15) is 0 Å². The number of rotatable bonds is 3. The van der Waals surface area contributed by atoms with E-state index in [2.05, 4.69) is 20.1 Å². The molecule has 0 aliphatic carbocycles. The molecule has 0 amide bonds. The fourth-order valence-electron chi connectivity index (χ4n) is 1.82. The molecule has 0 fully saturated rings. The molecule has 3 aromatic rings. The first kappa shape index (κ1) is 13.5. The minimum absolute atomic E-state index is 0.105. The van der Waals surface area contributed by atoms with E-state index >= 15 is 0 Å². The van der Waals surface area contributed by atoms with Gasteiger partial charge in [-0.2, -0.15) is 10.1 Å². The molecule has 21 heavy (non-hydrogen) atoms. The van der Waals surface area contributed by atoms with Crippen molar-refractivity contribution in [2.45, 2.75) is 0 Å². The fraction of sp³-hybridized carbons (Fsp3) is 0.167. The number of fused-ring (bicyclic) bond motifs is 1. The maximum absolute atomic E-state index is 13.7. The van der Waals surface area contributed by atoms with E-state index in [0.29, 0.717) is 11.1 Å². The summed E-state index contributed by atoms with van der Waals surface area (Å²) in [7, 11) is 2.89. The molecule has 0 aliphatic heterocycles. The van der Waals surface area contributed by atoms with Gasteiger partial charge in [0.1, 0.15) is 16.4 Å². The van der Waals surface area contributed by atoms with Crippen molar-refractivity contribution in [3.8, 4) is 17.6 Å². The van der Waals surface area contributed by atoms with Crippen molar-refractivity contribution in [3.05, 3.63) is 29.6 Å². The number of halogens is 2. The van der Waals surface area contributed by atoms with Crippen LogP contribution in [0.5, 0.6) is 11.9 Å². The fourth-order valence-corrected chi connectivity index (χ4v) is 2.01. The van der Waals surface area contributed by atoms with Gasteiger partial charge in [0.2, 0.25) is 5.88 Å². The molecule has 0 aliphatic rings. The SMILES string of the molecule is COc1ncc(-n2cc3c(Cl)ncc(F)c3n2)c(OC)n1. The van der Waals surface area contributed by atoms with Crippen molar-refractivity contribution in [2.24, 2.45) is 0 Å². The van der Waals surface area contributed by atoms with Crippen LogP contribution in [0.25, 0.3) is 16.6 Å². The zero-order chi connectivity index (χ0) is 15.0. The number of hydrogen-bond donors (Lipinski definition) is 0. The lowest BCUT2D eigenvalue weighted by Crippen LogP contribution is -2.03. The van der Waals surface area contributed by atoms with Gasteiger partial charge in [0, 0.05) is 6.20 Å². The van der Waals surface area contributed by atoms with Crippen LogP contribution in [0.2, 0.25) is 5.15 Å². The zero-order valence-corrected chi connectivity index (χ0v) is 11.8. The molecule has 108 valence electrons. The minimum Gasteiger partial charge on any atom is -0.479 e. The Bertz CT molecular complexity index is 784. The first-order chi connectivity index (χ1) is 10.1. The van der Waals surface area contributed by atoms with Crippen LogP contribution < -0.4 is 9.47 Å². The van der Waals surface area contributed by atoms with Gasteiger partial charge in [-0.1, -0.05) is 11.6 Å². The Labute approximate surface area is 123 Å². The van der Waals surface area contributed by atoms with Crippen molar-refractivity contribution in [1.29, 1.82) is 0 Å². The van der Waals surface area contributed by atoms with Crippen LogP contribution in [0.15, 0.2) is 18.6 Å². The van der Waals surface area contributed by atoms with E-state index in [1.54, 1.807) is 0 Å². The average molecular weight is 310 g/mol. The Morgan fingerprint density at radius 1 is 1.19 bits per heavy atom. The normalized spacial score (nSPS) is 10.9. The van der Waals surface area contributed by atoms with Gasteiger partial charge in [-0.25, -0.2) is 19.0 Å². The third-order valence-corrected chi connectivity index (χ3v) is 3.09. The number of ether oxygens (including phenoxy) is 2. The number of nitrogens with zero attached hydrogens (tertiary/aromatic N) is 5. The van der Waals surface area contributed by atoms with Crippen LogP contribution >= 0.6 is 11.6 Å².